The Morgan fingerprint density at radius 2 is 1.81 bits per heavy atom. The minimum absolute atomic E-state index is 0.0204. The Morgan fingerprint density at radius 3 is 2.42 bits per heavy atom. The molecule has 0 spiro atoms. The quantitative estimate of drug-likeness (QED) is 0.593. The highest BCUT2D eigenvalue weighted by atomic mass is 35.5. The minimum atomic E-state index is -0.616. The first-order valence-corrected chi connectivity index (χ1v) is 11.1. The molecule has 0 aliphatic rings. The Morgan fingerprint density at radius 1 is 1.13 bits per heavy atom. The van der Waals surface area contributed by atoms with Gasteiger partial charge in [0.25, 0.3) is 5.91 Å². The Hall–Kier alpha value is -2.53. The van der Waals surface area contributed by atoms with Gasteiger partial charge in [0.15, 0.2) is 6.61 Å². The van der Waals surface area contributed by atoms with Crippen molar-refractivity contribution in [2.75, 3.05) is 6.61 Å². The molecular weight excluding hydrogens is 412 g/mol. The average Bonchev–Trinajstić information content (AvgIpc) is 2.70. The summed E-state index contributed by atoms with van der Waals surface area (Å²) in [7, 11) is 0. The fourth-order valence-electron chi connectivity index (χ4n) is 3.48. The van der Waals surface area contributed by atoms with Crippen LogP contribution in [0, 0.1) is 20.8 Å². The Balaban J connectivity index is 2.29. The molecule has 0 aromatic heterocycles. The fraction of sp³-hybridized carbons (Fsp3) is 0.440. The van der Waals surface area contributed by atoms with E-state index in [1.165, 1.54) is 0 Å². The number of ether oxygens (including phenoxy) is 1. The third-order valence-corrected chi connectivity index (χ3v) is 5.60. The van der Waals surface area contributed by atoms with Gasteiger partial charge in [0.2, 0.25) is 5.91 Å². The van der Waals surface area contributed by atoms with E-state index in [0.29, 0.717) is 17.2 Å². The lowest BCUT2D eigenvalue weighted by molar-refractivity contribution is -0.143. The van der Waals surface area contributed by atoms with Crippen LogP contribution in [0.5, 0.6) is 5.75 Å². The number of nitrogens with zero attached hydrogens (tertiary/aromatic N) is 1. The van der Waals surface area contributed by atoms with Gasteiger partial charge in [0, 0.05) is 17.6 Å². The number of nitrogens with one attached hydrogen (secondary N) is 1. The van der Waals surface area contributed by atoms with Crippen molar-refractivity contribution in [3.63, 3.8) is 0 Å². The summed E-state index contributed by atoms with van der Waals surface area (Å²) in [5, 5.41) is 3.48. The third kappa shape index (κ3) is 6.73. The molecule has 5 nitrogen and oxygen atoms in total. The van der Waals surface area contributed by atoms with Gasteiger partial charge in [-0.3, -0.25) is 9.59 Å². The second-order valence-electron chi connectivity index (χ2n) is 8.19. The number of amides is 2. The molecule has 1 atom stereocenters. The molecule has 2 rings (SSSR count). The van der Waals surface area contributed by atoms with Crippen molar-refractivity contribution >= 4 is 23.4 Å². The lowest BCUT2D eigenvalue weighted by Crippen LogP contribution is -2.51. The fourth-order valence-corrected chi connectivity index (χ4v) is 3.68. The molecule has 6 heteroatoms. The summed E-state index contributed by atoms with van der Waals surface area (Å²) in [5.41, 5.74) is 3.97. The number of hydrogen-bond donors (Lipinski definition) is 1. The molecule has 0 radical (unpaired) electrons. The van der Waals surface area contributed by atoms with E-state index >= 15 is 0 Å². The van der Waals surface area contributed by atoms with Crippen molar-refractivity contribution in [3.8, 4) is 5.75 Å². The predicted molar refractivity (Wildman–Crippen MR) is 126 cm³/mol. The van der Waals surface area contributed by atoms with E-state index < -0.39 is 6.04 Å². The van der Waals surface area contributed by atoms with E-state index in [1.807, 2.05) is 65.8 Å². The summed E-state index contributed by atoms with van der Waals surface area (Å²) in [6.07, 6.45) is 0.483. The van der Waals surface area contributed by atoms with Crippen LogP contribution in [0.15, 0.2) is 36.4 Å². The Kier molecular flexibility index (Phi) is 8.93. The molecule has 0 saturated heterocycles. The van der Waals surface area contributed by atoms with Crippen LogP contribution in [-0.2, 0) is 16.1 Å². The maximum absolute atomic E-state index is 13.3. The van der Waals surface area contributed by atoms with Gasteiger partial charge in [-0.2, -0.15) is 0 Å². The number of carbonyl (C=O) groups excluding carboxylic acids is 2. The van der Waals surface area contributed by atoms with Crippen LogP contribution in [0.1, 0.15) is 49.4 Å². The second kappa shape index (κ2) is 11.2. The van der Waals surface area contributed by atoms with E-state index in [4.69, 9.17) is 16.3 Å². The Bertz CT molecular complexity index is 927. The smallest absolute Gasteiger partial charge is 0.261 e. The Labute approximate surface area is 190 Å². The summed E-state index contributed by atoms with van der Waals surface area (Å²) in [5.74, 6) is 0.243. The number of hydrogen-bond acceptors (Lipinski definition) is 3. The maximum atomic E-state index is 13.3. The molecule has 2 aromatic carbocycles. The third-order valence-electron chi connectivity index (χ3n) is 5.23. The normalized spacial score (nSPS) is 11.9. The van der Waals surface area contributed by atoms with Crippen molar-refractivity contribution in [2.24, 2.45) is 0 Å². The monoisotopic (exact) mass is 444 g/mol. The molecule has 0 bridgehead atoms. The van der Waals surface area contributed by atoms with Crippen LogP contribution in [0.2, 0.25) is 5.02 Å². The highest BCUT2D eigenvalue weighted by molar-refractivity contribution is 6.31. The number of aryl methyl sites for hydroxylation is 2. The molecule has 0 saturated carbocycles. The van der Waals surface area contributed by atoms with Gasteiger partial charge in [-0.1, -0.05) is 42.8 Å². The van der Waals surface area contributed by atoms with Gasteiger partial charge in [-0.25, -0.2) is 0 Å². The molecular formula is C25H33ClN2O3. The van der Waals surface area contributed by atoms with E-state index in [0.717, 1.165) is 22.3 Å². The largest absolute Gasteiger partial charge is 0.483 e. The zero-order valence-electron chi connectivity index (χ0n) is 19.3. The summed E-state index contributed by atoms with van der Waals surface area (Å²) < 4.78 is 5.91. The lowest BCUT2D eigenvalue weighted by Gasteiger charge is -2.31. The number of rotatable bonds is 9. The zero-order valence-corrected chi connectivity index (χ0v) is 20.0. The molecule has 2 aromatic rings. The van der Waals surface area contributed by atoms with Gasteiger partial charge in [0.05, 0.1) is 0 Å². The molecule has 31 heavy (non-hydrogen) atoms. The summed E-state index contributed by atoms with van der Waals surface area (Å²) in [6, 6.07) is 10.7. The van der Waals surface area contributed by atoms with Gasteiger partial charge in [-0.05, 0) is 75.4 Å². The van der Waals surface area contributed by atoms with E-state index in [2.05, 4.69) is 11.4 Å². The van der Waals surface area contributed by atoms with Crippen molar-refractivity contribution in [1.82, 2.24) is 10.2 Å². The lowest BCUT2D eigenvalue weighted by atomic mass is 10.1. The maximum Gasteiger partial charge on any atom is 0.261 e. The molecule has 0 heterocycles. The van der Waals surface area contributed by atoms with Crippen LogP contribution in [-0.4, -0.2) is 35.4 Å². The first kappa shape index (κ1) is 24.7. The van der Waals surface area contributed by atoms with E-state index in [9.17, 15) is 9.59 Å². The molecule has 168 valence electrons. The number of halogens is 1. The van der Waals surface area contributed by atoms with Crippen LogP contribution >= 0.6 is 11.6 Å². The standard InChI is InChI=1S/C25H33ClN2O3/c1-7-22(25(30)27-16(2)3)28(14-20-10-8-9-11-21(20)26)24(29)15-31-23-13-17(4)12-18(5)19(23)6/h8-13,16,22H,7,14-15H2,1-6H3,(H,27,30)/t22-/m0/s1. The van der Waals surface area contributed by atoms with Gasteiger partial charge < -0.3 is 15.0 Å². The molecule has 0 aliphatic carbocycles. The zero-order chi connectivity index (χ0) is 23.1. The summed E-state index contributed by atoms with van der Waals surface area (Å²) >= 11 is 6.34. The molecule has 1 N–H and O–H groups in total. The van der Waals surface area contributed by atoms with Gasteiger partial charge >= 0.3 is 0 Å². The molecule has 2 amide bonds. The van der Waals surface area contributed by atoms with Crippen molar-refractivity contribution in [3.05, 3.63) is 63.7 Å². The van der Waals surface area contributed by atoms with Crippen molar-refractivity contribution in [1.29, 1.82) is 0 Å². The topological polar surface area (TPSA) is 58.6 Å². The number of benzene rings is 2. The van der Waals surface area contributed by atoms with Crippen LogP contribution in [0.25, 0.3) is 0 Å². The van der Waals surface area contributed by atoms with Crippen molar-refractivity contribution < 1.29 is 14.3 Å². The molecule has 0 aliphatic heterocycles. The average molecular weight is 445 g/mol. The first-order valence-electron chi connectivity index (χ1n) is 10.7. The molecule has 0 fully saturated rings. The van der Waals surface area contributed by atoms with Crippen LogP contribution in [0.3, 0.4) is 0 Å². The SMILES string of the molecule is CC[C@@H](C(=O)NC(C)C)N(Cc1ccccc1Cl)C(=O)COc1cc(C)cc(C)c1C. The van der Waals surface area contributed by atoms with Crippen LogP contribution in [0.4, 0.5) is 0 Å². The highest BCUT2D eigenvalue weighted by Crippen LogP contribution is 2.24. The van der Waals surface area contributed by atoms with Crippen LogP contribution < -0.4 is 10.1 Å². The summed E-state index contributed by atoms with van der Waals surface area (Å²) in [4.78, 5) is 27.7. The highest BCUT2D eigenvalue weighted by Gasteiger charge is 2.29. The summed E-state index contributed by atoms with van der Waals surface area (Å²) in [6.45, 7) is 11.8. The van der Waals surface area contributed by atoms with Gasteiger partial charge in [-0.15, -0.1) is 0 Å². The second-order valence-corrected chi connectivity index (χ2v) is 8.60. The molecule has 0 unspecified atom stereocenters. The van der Waals surface area contributed by atoms with Gasteiger partial charge in [0.1, 0.15) is 11.8 Å². The predicted octanol–water partition coefficient (Wildman–Crippen LogP) is 4.98. The first-order chi connectivity index (χ1) is 14.6. The van der Waals surface area contributed by atoms with E-state index in [1.54, 1.807) is 11.0 Å². The van der Waals surface area contributed by atoms with Crippen molar-refractivity contribution in [2.45, 2.75) is 66.6 Å². The minimum Gasteiger partial charge on any atom is -0.483 e. The van der Waals surface area contributed by atoms with E-state index in [-0.39, 0.29) is 31.0 Å². The number of carbonyl (C=O) groups is 2.